The van der Waals surface area contributed by atoms with Crippen molar-refractivity contribution in [3.05, 3.63) is 46.2 Å². The molecule has 1 amide bonds. The Hall–Kier alpha value is -1.62. The van der Waals surface area contributed by atoms with Crippen molar-refractivity contribution in [2.75, 3.05) is 5.32 Å². The van der Waals surface area contributed by atoms with Crippen LogP contribution in [-0.4, -0.2) is 15.7 Å². The molecule has 2 rings (SSSR count). The van der Waals surface area contributed by atoms with E-state index in [-0.39, 0.29) is 11.8 Å². The summed E-state index contributed by atoms with van der Waals surface area (Å²) in [6, 6.07) is 9.48. The second kappa shape index (κ2) is 6.22. The zero-order chi connectivity index (χ0) is 14.7. The molecule has 0 aliphatic carbocycles. The number of carbonyl (C=O) groups excluding carboxylic acids is 1. The topological polar surface area (TPSA) is 46.9 Å². The van der Waals surface area contributed by atoms with Gasteiger partial charge in [0.1, 0.15) is 0 Å². The molecule has 0 bridgehead atoms. The maximum atomic E-state index is 12.2. The Kier molecular flexibility index (Phi) is 4.60. The van der Waals surface area contributed by atoms with E-state index < -0.39 is 0 Å². The van der Waals surface area contributed by atoms with Crippen LogP contribution in [0.1, 0.15) is 18.3 Å². The normalized spacial score (nSPS) is 12.2. The van der Waals surface area contributed by atoms with Crippen LogP contribution in [0.5, 0.6) is 0 Å². The molecule has 0 spiro atoms. The van der Waals surface area contributed by atoms with Gasteiger partial charge in [-0.05, 0) is 41.9 Å². The number of hydrogen-bond donors (Lipinski definition) is 1. The van der Waals surface area contributed by atoms with Gasteiger partial charge in [0.15, 0.2) is 0 Å². The molecule has 0 saturated carbocycles. The predicted molar refractivity (Wildman–Crippen MR) is 83.6 cm³/mol. The van der Waals surface area contributed by atoms with E-state index in [2.05, 4.69) is 26.3 Å². The molecule has 1 heterocycles. The van der Waals surface area contributed by atoms with Gasteiger partial charge in [0, 0.05) is 11.4 Å². The lowest BCUT2D eigenvalue weighted by molar-refractivity contribution is -0.119. The minimum Gasteiger partial charge on any atom is -0.326 e. The predicted octanol–water partition coefficient (Wildman–Crippen LogP) is 3.54. The SMILES string of the molecule is Cc1nn(CC(C)C(=O)Nc2ccccc2)c(C)c1Br. The highest BCUT2D eigenvalue weighted by atomic mass is 79.9. The highest BCUT2D eigenvalue weighted by Gasteiger charge is 2.17. The molecular formula is C15H18BrN3O. The summed E-state index contributed by atoms with van der Waals surface area (Å²) in [5.74, 6) is -0.153. The fourth-order valence-corrected chi connectivity index (χ4v) is 2.27. The van der Waals surface area contributed by atoms with E-state index in [0.29, 0.717) is 6.54 Å². The number of aryl methyl sites for hydroxylation is 1. The molecule has 1 atom stereocenters. The van der Waals surface area contributed by atoms with Gasteiger partial charge in [-0.1, -0.05) is 25.1 Å². The zero-order valence-electron chi connectivity index (χ0n) is 11.9. The van der Waals surface area contributed by atoms with Crippen LogP contribution in [0.25, 0.3) is 0 Å². The Bertz CT molecular complexity index is 607. The van der Waals surface area contributed by atoms with E-state index in [4.69, 9.17) is 0 Å². The molecule has 106 valence electrons. The van der Waals surface area contributed by atoms with Gasteiger partial charge in [-0.2, -0.15) is 5.10 Å². The van der Waals surface area contributed by atoms with Crippen LogP contribution in [0.3, 0.4) is 0 Å². The first-order valence-corrected chi connectivity index (χ1v) is 7.33. The number of rotatable bonds is 4. The average Bonchev–Trinajstić information content (AvgIpc) is 2.67. The van der Waals surface area contributed by atoms with E-state index in [9.17, 15) is 4.79 Å². The molecule has 1 aromatic carbocycles. The Balaban J connectivity index is 2.02. The number of nitrogens with zero attached hydrogens (tertiary/aromatic N) is 2. The summed E-state index contributed by atoms with van der Waals surface area (Å²) in [4.78, 5) is 12.2. The van der Waals surface area contributed by atoms with Gasteiger partial charge >= 0.3 is 0 Å². The summed E-state index contributed by atoms with van der Waals surface area (Å²) in [7, 11) is 0. The summed E-state index contributed by atoms with van der Waals surface area (Å²) in [5.41, 5.74) is 2.80. The molecule has 0 radical (unpaired) electrons. The van der Waals surface area contributed by atoms with E-state index >= 15 is 0 Å². The smallest absolute Gasteiger partial charge is 0.229 e. The standard InChI is InChI=1S/C15H18BrN3O/c1-10(9-19-12(3)14(16)11(2)18-19)15(20)17-13-7-5-4-6-8-13/h4-8,10H,9H2,1-3H3,(H,17,20). The Morgan fingerprint density at radius 2 is 2.00 bits per heavy atom. The number of nitrogens with one attached hydrogen (secondary N) is 1. The van der Waals surface area contributed by atoms with Gasteiger partial charge in [-0.15, -0.1) is 0 Å². The van der Waals surface area contributed by atoms with Crippen molar-refractivity contribution in [1.29, 1.82) is 0 Å². The third kappa shape index (κ3) is 3.28. The van der Waals surface area contributed by atoms with Gasteiger partial charge in [0.25, 0.3) is 0 Å². The minimum absolute atomic E-state index is 0.000115. The Labute approximate surface area is 127 Å². The fourth-order valence-electron chi connectivity index (χ4n) is 1.98. The van der Waals surface area contributed by atoms with Crippen LogP contribution in [0.15, 0.2) is 34.8 Å². The van der Waals surface area contributed by atoms with Gasteiger partial charge < -0.3 is 5.32 Å². The quantitative estimate of drug-likeness (QED) is 0.928. The molecule has 0 aliphatic heterocycles. The first-order chi connectivity index (χ1) is 9.49. The van der Waals surface area contributed by atoms with Crippen LogP contribution >= 0.6 is 15.9 Å². The molecule has 2 aromatic rings. The Morgan fingerprint density at radius 3 is 2.55 bits per heavy atom. The molecule has 0 fully saturated rings. The van der Waals surface area contributed by atoms with E-state index in [0.717, 1.165) is 21.5 Å². The van der Waals surface area contributed by atoms with Crippen molar-refractivity contribution in [2.45, 2.75) is 27.3 Å². The van der Waals surface area contributed by atoms with Gasteiger partial charge in [-0.25, -0.2) is 0 Å². The number of hydrogen-bond acceptors (Lipinski definition) is 2. The molecule has 1 unspecified atom stereocenters. The van der Waals surface area contributed by atoms with Gasteiger partial charge in [0.05, 0.1) is 22.6 Å². The number of para-hydroxylation sites is 1. The second-order valence-electron chi connectivity index (χ2n) is 4.92. The lowest BCUT2D eigenvalue weighted by atomic mass is 10.1. The van der Waals surface area contributed by atoms with Crippen molar-refractivity contribution in [2.24, 2.45) is 5.92 Å². The van der Waals surface area contributed by atoms with Crippen molar-refractivity contribution in [3.63, 3.8) is 0 Å². The summed E-state index contributed by atoms with van der Waals surface area (Å²) >= 11 is 3.50. The number of benzene rings is 1. The molecular weight excluding hydrogens is 318 g/mol. The van der Waals surface area contributed by atoms with Gasteiger partial charge in [-0.3, -0.25) is 9.48 Å². The summed E-state index contributed by atoms with van der Waals surface area (Å²) in [6.07, 6.45) is 0. The van der Waals surface area contributed by atoms with Crippen LogP contribution in [0, 0.1) is 19.8 Å². The first-order valence-electron chi connectivity index (χ1n) is 6.54. The minimum atomic E-state index is -0.153. The molecule has 0 saturated heterocycles. The molecule has 5 heteroatoms. The van der Waals surface area contributed by atoms with Crippen molar-refractivity contribution in [1.82, 2.24) is 9.78 Å². The largest absolute Gasteiger partial charge is 0.326 e. The van der Waals surface area contributed by atoms with Gasteiger partial charge in [0.2, 0.25) is 5.91 Å². The number of halogens is 1. The maximum Gasteiger partial charge on any atom is 0.229 e. The molecule has 1 aromatic heterocycles. The van der Waals surface area contributed by atoms with E-state index in [1.807, 2.05) is 55.8 Å². The third-order valence-electron chi connectivity index (χ3n) is 3.23. The molecule has 4 nitrogen and oxygen atoms in total. The average molecular weight is 336 g/mol. The number of anilines is 1. The summed E-state index contributed by atoms with van der Waals surface area (Å²) < 4.78 is 2.88. The maximum absolute atomic E-state index is 12.2. The number of amides is 1. The number of carbonyl (C=O) groups is 1. The highest BCUT2D eigenvalue weighted by molar-refractivity contribution is 9.10. The van der Waals surface area contributed by atoms with Crippen molar-refractivity contribution >= 4 is 27.5 Å². The first kappa shape index (κ1) is 14.8. The lowest BCUT2D eigenvalue weighted by Crippen LogP contribution is -2.25. The van der Waals surface area contributed by atoms with Crippen molar-refractivity contribution < 1.29 is 4.79 Å². The summed E-state index contributed by atoms with van der Waals surface area (Å²) in [6.45, 7) is 6.41. The monoisotopic (exact) mass is 335 g/mol. The molecule has 1 N–H and O–H groups in total. The Morgan fingerprint density at radius 1 is 1.35 bits per heavy atom. The number of aromatic nitrogens is 2. The van der Waals surface area contributed by atoms with Crippen LogP contribution in [0.2, 0.25) is 0 Å². The molecule has 0 aliphatic rings. The van der Waals surface area contributed by atoms with E-state index in [1.54, 1.807) is 0 Å². The molecule has 20 heavy (non-hydrogen) atoms. The highest BCUT2D eigenvalue weighted by Crippen LogP contribution is 2.20. The van der Waals surface area contributed by atoms with Crippen LogP contribution in [-0.2, 0) is 11.3 Å². The fraction of sp³-hybridized carbons (Fsp3) is 0.333. The summed E-state index contributed by atoms with van der Waals surface area (Å²) in [5, 5.41) is 7.34. The van der Waals surface area contributed by atoms with E-state index in [1.165, 1.54) is 0 Å². The van der Waals surface area contributed by atoms with Crippen molar-refractivity contribution in [3.8, 4) is 0 Å². The van der Waals surface area contributed by atoms with Crippen LogP contribution < -0.4 is 5.32 Å². The third-order valence-corrected chi connectivity index (χ3v) is 4.38. The zero-order valence-corrected chi connectivity index (χ0v) is 13.4. The van der Waals surface area contributed by atoms with Crippen LogP contribution in [0.4, 0.5) is 5.69 Å². The second-order valence-corrected chi connectivity index (χ2v) is 5.72. The lowest BCUT2D eigenvalue weighted by Gasteiger charge is -2.13.